The number of hydrogen-bond acceptors (Lipinski definition) is 5. The summed E-state index contributed by atoms with van der Waals surface area (Å²) in [5, 5.41) is 2.45. The molecule has 2 aliphatic carbocycles. The van der Waals surface area contributed by atoms with Crippen molar-refractivity contribution < 1.29 is 0 Å². The minimum absolute atomic E-state index is 0.441. The topological polar surface area (TPSA) is 50.1 Å². The Labute approximate surface area is 217 Å². The van der Waals surface area contributed by atoms with Gasteiger partial charge in [0.2, 0.25) is 17.8 Å². The second kappa shape index (κ2) is 7.91. The SMILES string of the molecule is CC1CC2=CN(c3nc(N4C=C5CC(C)CC4C5)nc(-n4c5ccccc5c5ccccc54)n3)C(C2)C1. The molecule has 0 radical (unpaired) electrons. The first-order chi connectivity index (χ1) is 18.1. The van der Waals surface area contributed by atoms with Gasteiger partial charge in [0.05, 0.1) is 11.0 Å². The Balaban J connectivity index is 1.34. The summed E-state index contributed by atoms with van der Waals surface area (Å²) >= 11 is 0. The van der Waals surface area contributed by atoms with Crippen LogP contribution in [0.3, 0.4) is 0 Å². The van der Waals surface area contributed by atoms with E-state index in [0.717, 1.165) is 35.8 Å². The van der Waals surface area contributed by atoms with Gasteiger partial charge in [0.15, 0.2) is 0 Å². The van der Waals surface area contributed by atoms with Crippen LogP contribution in [0.2, 0.25) is 0 Å². The van der Waals surface area contributed by atoms with Gasteiger partial charge in [-0.05, 0) is 62.5 Å². The first-order valence-electron chi connectivity index (χ1n) is 13.8. The summed E-state index contributed by atoms with van der Waals surface area (Å²) in [6.07, 6.45) is 11.6. The Morgan fingerprint density at radius 1 is 0.595 bits per heavy atom. The number of anilines is 2. The Kier molecular flexibility index (Phi) is 4.58. The van der Waals surface area contributed by atoms with Gasteiger partial charge in [0.1, 0.15) is 0 Å². The molecular formula is C31H32N6. The van der Waals surface area contributed by atoms with Crippen molar-refractivity contribution in [3.05, 3.63) is 72.1 Å². The maximum absolute atomic E-state index is 5.19. The minimum atomic E-state index is 0.441. The molecule has 0 saturated heterocycles. The fraction of sp³-hybridized carbons (Fsp3) is 0.387. The molecule has 2 aliphatic heterocycles. The van der Waals surface area contributed by atoms with Crippen molar-refractivity contribution >= 4 is 33.7 Å². The highest BCUT2D eigenvalue weighted by Crippen LogP contribution is 2.42. The van der Waals surface area contributed by atoms with Crippen molar-refractivity contribution in [3.8, 4) is 5.95 Å². The van der Waals surface area contributed by atoms with E-state index in [9.17, 15) is 0 Å². The molecule has 6 heteroatoms. The Morgan fingerprint density at radius 2 is 1.05 bits per heavy atom. The summed E-state index contributed by atoms with van der Waals surface area (Å²) in [6, 6.07) is 18.1. The number of rotatable bonds is 3. The van der Waals surface area contributed by atoms with Gasteiger partial charge < -0.3 is 9.80 Å². The number of para-hydroxylation sites is 2. The average Bonchev–Trinajstić information content (AvgIpc) is 3.51. The van der Waals surface area contributed by atoms with Crippen molar-refractivity contribution in [3.63, 3.8) is 0 Å². The van der Waals surface area contributed by atoms with Crippen LogP contribution < -0.4 is 9.80 Å². The van der Waals surface area contributed by atoms with Crippen LogP contribution in [0.15, 0.2) is 72.1 Å². The van der Waals surface area contributed by atoms with Gasteiger partial charge in [0, 0.05) is 35.3 Å². The van der Waals surface area contributed by atoms with E-state index in [1.165, 1.54) is 47.6 Å². The number of fused-ring (bicyclic) bond motifs is 7. The second-order valence-electron chi connectivity index (χ2n) is 11.8. The molecule has 4 heterocycles. The van der Waals surface area contributed by atoms with E-state index in [4.69, 9.17) is 15.0 Å². The molecule has 0 amide bonds. The number of nitrogens with zero attached hydrogens (tertiary/aromatic N) is 6. The molecule has 2 aromatic carbocycles. The molecule has 37 heavy (non-hydrogen) atoms. The van der Waals surface area contributed by atoms with E-state index in [2.05, 4.69) is 89.1 Å². The fourth-order valence-electron chi connectivity index (χ4n) is 7.42. The molecule has 4 atom stereocenters. The van der Waals surface area contributed by atoms with Crippen molar-refractivity contribution in [2.45, 2.75) is 64.5 Å². The summed E-state index contributed by atoms with van der Waals surface area (Å²) < 4.78 is 2.23. The fourth-order valence-corrected chi connectivity index (χ4v) is 7.42. The van der Waals surface area contributed by atoms with Gasteiger partial charge in [-0.3, -0.25) is 4.57 Å². The van der Waals surface area contributed by atoms with Crippen molar-refractivity contribution in [1.29, 1.82) is 0 Å². The summed E-state index contributed by atoms with van der Waals surface area (Å²) in [4.78, 5) is 20.2. The first kappa shape index (κ1) is 21.4. The maximum Gasteiger partial charge on any atom is 0.241 e. The van der Waals surface area contributed by atoms with Crippen LogP contribution in [-0.4, -0.2) is 31.6 Å². The molecule has 186 valence electrons. The normalized spacial score (nSPS) is 26.8. The van der Waals surface area contributed by atoms with E-state index in [0.29, 0.717) is 29.9 Å². The monoisotopic (exact) mass is 488 g/mol. The van der Waals surface area contributed by atoms with Crippen LogP contribution >= 0.6 is 0 Å². The van der Waals surface area contributed by atoms with Gasteiger partial charge in [-0.2, -0.15) is 15.0 Å². The van der Waals surface area contributed by atoms with Crippen LogP contribution in [0.4, 0.5) is 11.9 Å². The summed E-state index contributed by atoms with van der Waals surface area (Å²) in [6.45, 7) is 4.73. The van der Waals surface area contributed by atoms with Gasteiger partial charge in [0.25, 0.3) is 0 Å². The number of hydrogen-bond donors (Lipinski definition) is 0. The van der Waals surface area contributed by atoms with Crippen LogP contribution in [0.1, 0.15) is 52.4 Å². The maximum atomic E-state index is 5.19. The smallest absolute Gasteiger partial charge is 0.241 e. The predicted molar refractivity (Wildman–Crippen MR) is 149 cm³/mol. The zero-order chi connectivity index (χ0) is 24.7. The van der Waals surface area contributed by atoms with E-state index in [1.54, 1.807) is 0 Å². The molecule has 0 spiro atoms. The van der Waals surface area contributed by atoms with Gasteiger partial charge >= 0.3 is 0 Å². The van der Waals surface area contributed by atoms with Crippen LogP contribution in [0.25, 0.3) is 27.8 Å². The molecule has 2 saturated carbocycles. The van der Waals surface area contributed by atoms with E-state index >= 15 is 0 Å². The molecule has 8 rings (SSSR count). The Morgan fingerprint density at radius 3 is 1.57 bits per heavy atom. The lowest BCUT2D eigenvalue weighted by Gasteiger charge is -2.30. The summed E-state index contributed by atoms with van der Waals surface area (Å²) in [5.41, 5.74) is 5.31. The molecule has 4 aliphatic rings. The highest BCUT2D eigenvalue weighted by Gasteiger charge is 2.37. The van der Waals surface area contributed by atoms with Crippen molar-refractivity contribution in [2.75, 3.05) is 9.80 Å². The molecule has 6 nitrogen and oxygen atoms in total. The third-order valence-corrected chi connectivity index (χ3v) is 8.84. The van der Waals surface area contributed by atoms with Crippen LogP contribution in [0, 0.1) is 11.8 Å². The zero-order valence-electron chi connectivity index (χ0n) is 21.5. The molecule has 0 N–H and O–H groups in total. The third kappa shape index (κ3) is 3.34. The lowest BCUT2D eigenvalue weighted by atomic mass is 9.86. The minimum Gasteiger partial charge on any atom is -0.314 e. The lowest BCUT2D eigenvalue weighted by Crippen LogP contribution is -2.34. The van der Waals surface area contributed by atoms with Gasteiger partial charge in [-0.25, -0.2) is 0 Å². The number of aromatic nitrogens is 4. The highest BCUT2D eigenvalue weighted by atomic mass is 15.4. The Hall–Kier alpha value is -3.67. The quantitative estimate of drug-likeness (QED) is 0.319. The summed E-state index contributed by atoms with van der Waals surface area (Å²) in [5.74, 6) is 3.68. The molecular weight excluding hydrogens is 456 g/mol. The van der Waals surface area contributed by atoms with E-state index < -0.39 is 0 Å². The Bertz CT molecular complexity index is 1500. The zero-order valence-corrected chi connectivity index (χ0v) is 21.5. The number of benzene rings is 2. The largest absolute Gasteiger partial charge is 0.314 e. The van der Waals surface area contributed by atoms with E-state index in [-0.39, 0.29) is 0 Å². The highest BCUT2D eigenvalue weighted by molar-refractivity contribution is 6.08. The van der Waals surface area contributed by atoms with Crippen molar-refractivity contribution in [1.82, 2.24) is 19.5 Å². The molecule has 4 unspecified atom stereocenters. The average molecular weight is 489 g/mol. The molecule has 2 aromatic heterocycles. The third-order valence-electron chi connectivity index (χ3n) is 8.84. The standard InChI is InChI=1S/C31H32N6/c1-19-11-21-15-23(13-19)35(17-21)29-32-30(36-18-22-12-20(2)14-24(36)16-22)34-31(33-29)37-27-9-5-3-7-25(27)26-8-4-6-10-28(26)37/h3-10,17-20,23-24H,11-16H2,1-2H3. The molecule has 4 bridgehead atoms. The van der Waals surface area contributed by atoms with Gasteiger partial charge in [-0.1, -0.05) is 61.4 Å². The molecule has 2 fully saturated rings. The van der Waals surface area contributed by atoms with Gasteiger partial charge in [-0.15, -0.1) is 0 Å². The lowest BCUT2D eigenvalue weighted by molar-refractivity contribution is 0.419. The van der Waals surface area contributed by atoms with Crippen molar-refractivity contribution in [2.24, 2.45) is 11.8 Å². The predicted octanol–water partition coefficient (Wildman–Crippen LogP) is 6.75. The van der Waals surface area contributed by atoms with Crippen LogP contribution in [-0.2, 0) is 0 Å². The summed E-state index contributed by atoms with van der Waals surface area (Å²) in [7, 11) is 0. The van der Waals surface area contributed by atoms with E-state index in [1.807, 2.05) is 0 Å². The van der Waals surface area contributed by atoms with Crippen LogP contribution in [0.5, 0.6) is 0 Å². The molecule has 4 aromatic rings. The second-order valence-corrected chi connectivity index (χ2v) is 11.8. The first-order valence-corrected chi connectivity index (χ1v) is 13.8.